The molecule has 17 heavy (non-hydrogen) atoms. The Hall–Kier alpha value is -1.81. The Balaban J connectivity index is 2.43. The Kier molecular flexibility index (Phi) is 3.15. The van der Waals surface area contributed by atoms with Crippen molar-refractivity contribution in [2.45, 2.75) is 13.0 Å². The highest BCUT2D eigenvalue weighted by molar-refractivity contribution is 5.29. The van der Waals surface area contributed by atoms with Gasteiger partial charge in [0.05, 0.1) is 11.7 Å². The van der Waals surface area contributed by atoms with Gasteiger partial charge in [-0.25, -0.2) is 8.78 Å². The summed E-state index contributed by atoms with van der Waals surface area (Å²) >= 11 is 0. The number of halogens is 2. The number of hydrogen-bond acceptors (Lipinski definition) is 2. The van der Waals surface area contributed by atoms with Crippen LogP contribution in [0.4, 0.5) is 8.78 Å². The van der Waals surface area contributed by atoms with Gasteiger partial charge in [0.1, 0.15) is 11.6 Å². The number of aromatic nitrogens is 1. The fraction of sp³-hybridized carbons (Fsp3) is 0.154. The Bertz CT molecular complexity index is 541. The Morgan fingerprint density at radius 2 is 1.94 bits per heavy atom. The fourth-order valence-electron chi connectivity index (χ4n) is 1.65. The van der Waals surface area contributed by atoms with Crippen molar-refractivity contribution < 1.29 is 8.78 Å². The van der Waals surface area contributed by atoms with E-state index in [1.165, 1.54) is 0 Å². The van der Waals surface area contributed by atoms with Crippen LogP contribution < -0.4 is 5.73 Å². The molecule has 2 aromatic rings. The second kappa shape index (κ2) is 4.59. The van der Waals surface area contributed by atoms with Crippen molar-refractivity contribution >= 4 is 0 Å². The molecule has 1 aromatic carbocycles. The molecule has 1 atom stereocenters. The highest BCUT2D eigenvalue weighted by Crippen LogP contribution is 2.21. The molecule has 88 valence electrons. The predicted molar refractivity (Wildman–Crippen MR) is 61.4 cm³/mol. The van der Waals surface area contributed by atoms with Gasteiger partial charge in [0.25, 0.3) is 0 Å². The minimum absolute atomic E-state index is 0.114. The van der Waals surface area contributed by atoms with Gasteiger partial charge in [-0.15, -0.1) is 0 Å². The van der Waals surface area contributed by atoms with Crippen LogP contribution in [0.1, 0.15) is 23.0 Å². The Morgan fingerprint density at radius 1 is 1.18 bits per heavy atom. The first-order valence-electron chi connectivity index (χ1n) is 5.22. The summed E-state index contributed by atoms with van der Waals surface area (Å²) in [7, 11) is 0. The van der Waals surface area contributed by atoms with Crippen LogP contribution in [0.2, 0.25) is 0 Å². The lowest BCUT2D eigenvalue weighted by Gasteiger charge is -2.13. The molecule has 0 radical (unpaired) electrons. The third kappa shape index (κ3) is 2.47. The maximum absolute atomic E-state index is 13.5. The molecule has 0 fully saturated rings. The lowest BCUT2D eigenvalue weighted by atomic mass is 10.0. The minimum atomic E-state index is -0.759. The molecule has 1 heterocycles. The van der Waals surface area contributed by atoms with Crippen molar-refractivity contribution in [1.29, 1.82) is 0 Å². The van der Waals surface area contributed by atoms with Gasteiger partial charge >= 0.3 is 0 Å². The molecule has 2 nitrogen and oxygen atoms in total. The van der Waals surface area contributed by atoms with Gasteiger partial charge in [0.2, 0.25) is 0 Å². The van der Waals surface area contributed by atoms with Gasteiger partial charge in [-0.1, -0.05) is 6.07 Å². The minimum Gasteiger partial charge on any atom is -0.319 e. The highest BCUT2D eigenvalue weighted by atomic mass is 19.1. The molecule has 4 heteroatoms. The van der Waals surface area contributed by atoms with Gasteiger partial charge < -0.3 is 5.73 Å². The van der Waals surface area contributed by atoms with E-state index in [4.69, 9.17) is 5.73 Å². The van der Waals surface area contributed by atoms with Crippen molar-refractivity contribution in [2.24, 2.45) is 5.73 Å². The number of pyridine rings is 1. The fourth-order valence-corrected chi connectivity index (χ4v) is 1.65. The summed E-state index contributed by atoms with van der Waals surface area (Å²) in [5, 5.41) is 0. The Labute approximate surface area is 98.1 Å². The molecule has 0 amide bonds. The molecule has 0 aliphatic heterocycles. The van der Waals surface area contributed by atoms with Crippen LogP contribution in [-0.4, -0.2) is 4.98 Å². The van der Waals surface area contributed by atoms with Crippen molar-refractivity contribution in [1.82, 2.24) is 4.98 Å². The van der Waals surface area contributed by atoms with Gasteiger partial charge in [0, 0.05) is 11.3 Å². The van der Waals surface area contributed by atoms with E-state index in [9.17, 15) is 8.78 Å². The molecule has 0 saturated carbocycles. The molecule has 0 saturated heterocycles. The van der Waals surface area contributed by atoms with Gasteiger partial charge in [0.15, 0.2) is 0 Å². The molecule has 0 aliphatic carbocycles. The SMILES string of the molecule is Cc1cccc(C(N)c2cc(F)ccc2F)n1. The first-order valence-corrected chi connectivity index (χ1v) is 5.22. The molecule has 0 aliphatic rings. The van der Waals surface area contributed by atoms with Crippen LogP contribution in [0.3, 0.4) is 0 Å². The van der Waals surface area contributed by atoms with Crippen molar-refractivity contribution in [2.75, 3.05) is 0 Å². The van der Waals surface area contributed by atoms with E-state index in [0.717, 1.165) is 23.9 Å². The number of nitrogens with two attached hydrogens (primary N) is 1. The van der Waals surface area contributed by atoms with Crippen LogP contribution in [0, 0.1) is 18.6 Å². The third-order valence-corrected chi connectivity index (χ3v) is 2.52. The van der Waals surface area contributed by atoms with Gasteiger partial charge in [-0.3, -0.25) is 4.98 Å². The van der Waals surface area contributed by atoms with E-state index in [1.54, 1.807) is 12.1 Å². The zero-order valence-corrected chi connectivity index (χ0v) is 9.32. The van der Waals surface area contributed by atoms with E-state index in [2.05, 4.69) is 4.98 Å². The molecular weight excluding hydrogens is 222 g/mol. The monoisotopic (exact) mass is 234 g/mol. The smallest absolute Gasteiger partial charge is 0.128 e. The summed E-state index contributed by atoms with van der Waals surface area (Å²) < 4.78 is 26.6. The van der Waals surface area contributed by atoms with Crippen LogP contribution in [0.25, 0.3) is 0 Å². The van der Waals surface area contributed by atoms with E-state index >= 15 is 0 Å². The van der Waals surface area contributed by atoms with E-state index < -0.39 is 17.7 Å². The quantitative estimate of drug-likeness (QED) is 0.867. The van der Waals surface area contributed by atoms with E-state index in [1.807, 2.05) is 13.0 Å². The average molecular weight is 234 g/mol. The maximum Gasteiger partial charge on any atom is 0.128 e. The van der Waals surface area contributed by atoms with Gasteiger partial charge in [-0.2, -0.15) is 0 Å². The van der Waals surface area contributed by atoms with Crippen molar-refractivity contribution in [3.05, 3.63) is 65.0 Å². The summed E-state index contributed by atoms with van der Waals surface area (Å²) in [6.07, 6.45) is 0. The molecule has 1 aromatic heterocycles. The maximum atomic E-state index is 13.5. The predicted octanol–water partition coefficient (Wildman–Crippen LogP) is 2.72. The molecule has 1 unspecified atom stereocenters. The standard InChI is InChI=1S/C13H12F2N2/c1-8-3-2-4-12(17-8)13(16)10-7-9(14)5-6-11(10)15/h2-7,13H,16H2,1H3. The molecule has 0 bridgehead atoms. The second-order valence-corrected chi connectivity index (χ2v) is 3.85. The second-order valence-electron chi connectivity index (χ2n) is 3.85. The largest absolute Gasteiger partial charge is 0.319 e. The number of benzene rings is 1. The summed E-state index contributed by atoms with van der Waals surface area (Å²) in [6, 6.07) is 7.78. The topological polar surface area (TPSA) is 38.9 Å². The third-order valence-electron chi connectivity index (χ3n) is 2.52. The van der Waals surface area contributed by atoms with Crippen molar-refractivity contribution in [3.63, 3.8) is 0 Å². The normalized spacial score (nSPS) is 12.5. The number of hydrogen-bond donors (Lipinski definition) is 1. The number of nitrogens with zero attached hydrogens (tertiary/aromatic N) is 1. The molecule has 2 N–H and O–H groups in total. The Morgan fingerprint density at radius 3 is 2.65 bits per heavy atom. The molecule has 2 rings (SSSR count). The van der Waals surface area contributed by atoms with Crippen LogP contribution >= 0.6 is 0 Å². The lowest BCUT2D eigenvalue weighted by molar-refractivity contribution is 0.574. The summed E-state index contributed by atoms with van der Waals surface area (Å²) in [6.45, 7) is 1.82. The van der Waals surface area contributed by atoms with E-state index in [-0.39, 0.29) is 5.56 Å². The lowest BCUT2D eigenvalue weighted by Crippen LogP contribution is -2.15. The van der Waals surface area contributed by atoms with Crippen LogP contribution in [0.15, 0.2) is 36.4 Å². The number of rotatable bonds is 2. The molecular formula is C13H12F2N2. The first kappa shape index (κ1) is 11.7. The van der Waals surface area contributed by atoms with Crippen LogP contribution in [0.5, 0.6) is 0 Å². The van der Waals surface area contributed by atoms with Crippen LogP contribution in [-0.2, 0) is 0 Å². The highest BCUT2D eigenvalue weighted by Gasteiger charge is 2.15. The zero-order chi connectivity index (χ0) is 12.4. The van der Waals surface area contributed by atoms with Gasteiger partial charge in [-0.05, 0) is 37.3 Å². The summed E-state index contributed by atoms with van der Waals surface area (Å²) in [5.41, 5.74) is 7.31. The van der Waals surface area contributed by atoms with E-state index in [0.29, 0.717) is 5.69 Å². The first-order chi connectivity index (χ1) is 8.08. The average Bonchev–Trinajstić information content (AvgIpc) is 2.31. The number of aryl methyl sites for hydroxylation is 1. The molecule has 0 spiro atoms. The summed E-state index contributed by atoms with van der Waals surface area (Å²) in [4.78, 5) is 4.21. The van der Waals surface area contributed by atoms with Crippen molar-refractivity contribution in [3.8, 4) is 0 Å². The summed E-state index contributed by atoms with van der Waals surface area (Å²) in [5.74, 6) is -1.04. The zero-order valence-electron chi connectivity index (χ0n) is 9.32.